The van der Waals surface area contributed by atoms with E-state index < -0.39 is 0 Å². The molecule has 3 heteroatoms. The summed E-state index contributed by atoms with van der Waals surface area (Å²) in [6, 6.07) is 12.3. The van der Waals surface area contributed by atoms with Gasteiger partial charge in [-0.2, -0.15) is 11.6 Å². The first kappa shape index (κ1) is 43.0. The van der Waals surface area contributed by atoms with Gasteiger partial charge in [-0.1, -0.05) is 144 Å². The summed E-state index contributed by atoms with van der Waals surface area (Å²) in [5.41, 5.74) is 11.0. The van der Waals surface area contributed by atoms with Crippen LogP contribution in [0.4, 0.5) is 0 Å². The summed E-state index contributed by atoms with van der Waals surface area (Å²) < 4.78 is 1.80. The quantitative estimate of drug-likeness (QED) is 0.204. The van der Waals surface area contributed by atoms with Gasteiger partial charge >= 0.3 is 59.5 Å². The molecule has 0 aromatic heterocycles. The first-order chi connectivity index (χ1) is 22.0. The van der Waals surface area contributed by atoms with Crippen LogP contribution in [0.25, 0.3) is 32.7 Å². The molecule has 4 aliphatic carbocycles. The zero-order valence-electron chi connectivity index (χ0n) is 33.6. The standard InChI is InChI=1S/C31H37.C10H15.C6H10.2ClH.Zr/c1-28(2,3)26-16-30(7,8)24-12-18-11-19-13-25-23(15-21(19)20(18)14-22(24)26)27(29(4,5)6)17-31(25,9)10;1-8-5-6-9(7-8)10(2,3)4;1-2-4-6-5-3-1;;;/h11-17H,1-10H3;6-8H,1-4H3;1-5H2;2*1H;/q2*-1;;;;+2/p-2. The summed E-state index contributed by atoms with van der Waals surface area (Å²) in [6.07, 6.45) is 20.0. The normalized spacial score (nSPS) is 20.4. The second-order valence-corrected chi connectivity index (χ2v) is 21.0. The maximum absolute atomic E-state index is 3.26. The SMILES string of the molecule is CC(C)(C)C1=CC(C)(C)c2cc3[cH-]c4cc5c(cc4c3cc21)C(C(C)(C)C)=CC5(C)C.CC1[C-]=CC(C(C)(C)C)=C1.[Cl-].[Cl-].[Zr+2]=[C]1CCCCC1. The zero-order valence-corrected chi connectivity index (χ0v) is 37.5. The van der Waals surface area contributed by atoms with Crippen molar-refractivity contribution in [3.63, 3.8) is 0 Å². The third-order valence-corrected chi connectivity index (χ3v) is 12.1. The molecule has 3 aromatic carbocycles. The van der Waals surface area contributed by atoms with Gasteiger partial charge in [0.2, 0.25) is 0 Å². The summed E-state index contributed by atoms with van der Waals surface area (Å²) in [5, 5.41) is 5.58. The van der Waals surface area contributed by atoms with Crippen molar-refractivity contribution in [3.8, 4) is 0 Å². The fourth-order valence-corrected chi connectivity index (χ4v) is 8.79. The molecule has 0 heterocycles. The van der Waals surface area contributed by atoms with Crippen molar-refractivity contribution in [2.24, 2.45) is 22.2 Å². The van der Waals surface area contributed by atoms with Gasteiger partial charge in [0.25, 0.3) is 0 Å². The Balaban J connectivity index is 0.000000293. The van der Waals surface area contributed by atoms with E-state index >= 15 is 0 Å². The van der Waals surface area contributed by atoms with Crippen LogP contribution in [0.2, 0.25) is 0 Å². The molecule has 0 N–H and O–H groups in total. The minimum absolute atomic E-state index is 0. The fourth-order valence-electron chi connectivity index (χ4n) is 7.92. The molecule has 0 spiro atoms. The molecule has 3 aromatic rings. The molecule has 270 valence electrons. The van der Waals surface area contributed by atoms with E-state index in [1.807, 2.05) is 0 Å². The summed E-state index contributed by atoms with van der Waals surface area (Å²) in [6.45, 7) is 32.3. The van der Waals surface area contributed by atoms with Crippen molar-refractivity contribution in [1.82, 2.24) is 0 Å². The van der Waals surface area contributed by atoms with Gasteiger partial charge < -0.3 is 24.8 Å². The van der Waals surface area contributed by atoms with Crippen molar-refractivity contribution < 1.29 is 49.0 Å². The number of rotatable bonds is 0. The second kappa shape index (κ2) is 15.2. The number of hydrogen-bond donors (Lipinski definition) is 0. The monoisotopic (exact) mass is 786 g/mol. The van der Waals surface area contributed by atoms with Crippen molar-refractivity contribution >= 4 is 35.9 Å². The molecule has 0 saturated heterocycles. The fraction of sp³-hybridized carbons (Fsp3) is 0.532. The summed E-state index contributed by atoms with van der Waals surface area (Å²) in [4.78, 5) is 0. The number of fused-ring (bicyclic) bond motifs is 5. The zero-order chi connectivity index (χ0) is 35.6. The molecular formula is C47H62Cl2Zr-2. The minimum atomic E-state index is 0. The molecule has 1 atom stereocenters. The van der Waals surface area contributed by atoms with Crippen LogP contribution in [-0.4, -0.2) is 3.21 Å². The Morgan fingerprint density at radius 2 is 1.08 bits per heavy atom. The van der Waals surface area contributed by atoms with E-state index in [0.717, 1.165) is 0 Å². The molecule has 50 heavy (non-hydrogen) atoms. The van der Waals surface area contributed by atoms with Crippen molar-refractivity contribution in [2.45, 2.75) is 140 Å². The Morgan fingerprint density at radius 1 is 0.660 bits per heavy atom. The van der Waals surface area contributed by atoms with Gasteiger partial charge in [0.1, 0.15) is 0 Å². The third kappa shape index (κ3) is 9.03. The average molecular weight is 789 g/mol. The van der Waals surface area contributed by atoms with Crippen LogP contribution in [0.5, 0.6) is 0 Å². The van der Waals surface area contributed by atoms with E-state index in [4.69, 9.17) is 0 Å². The van der Waals surface area contributed by atoms with Crippen molar-refractivity contribution in [2.75, 3.05) is 0 Å². The van der Waals surface area contributed by atoms with Gasteiger partial charge in [0.15, 0.2) is 0 Å². The van der Waals surface area contributed by atoms with Crippen LogP contribution in [0.1, 0.15) is 151 Å². The van der Waals surface area contributed by atoms with Gasteiger partial charge in [0, 0.05) is 10.8 Å². The number of halogens is 2. The molecule has 0 aliphatic heterocycles. The Kier molecular flexibility index (Phi) is 13.0. The van der Waals surface area contributed by atoms with E-state index in [9.17, 15) is 0 Å². The molecule has 1 unspecified atom stereocenters. The van der Waals surface area contributed by atoms with E-state index in [2.05, 4.69) is 158 Å². The molecular weight excluding hydrogens is 727 g/mol. The predicted molar refractivity (Wildman–Crippen MR) is 211 cm³/mol. The predicted octanol–water partition coefficient (Wildman–Crippen LogP) is 7.80. The van der Waals surface area contributed by atoms with Crippen LogP contribution in [0.15, 0.2) is 60.2 Å². The second-order valence-electron chi connectivity index (χ2n) is 19.3. The topological polar surface area (TPSA) is 0 Å². The van der Waals surface area contributed by atoms with Crippen molar-refractivity contribution in [3.05, 3.63) is 88.5 Å². The first-order valence-electron chi connectivity index (χ1n) is 18.6. The number of allylic oxidation sites excluding steroid dienone is 8. The molecule has 1 saturated carbocycles. The number of benzene rings is 2. The van der Waals surface area contributed by atoms with E-state index in [0.29, 0.717) is 11.3 Å². The Hall–Kier alpha value is -1.40. The molecule has 0 nitrogen and oxygen atoms in total. The van der Waals surface area contributed by atoms with E-state index in [1.54, 1.807) is 27.4 Å². The van der Waals surface area contributed by atoms with Crippen LogP contribution in [-0.2, 0) is 35.1 Å². The Bertz CT molecular complexity index is 1750. The summed E-state index contributed by atoms with van der Waals surface area (Å²) in [5.74, 6) is 0.522. The maximum atomic E-state index is 3.26. The van der Waals surface area contributed by atoms with Crippen LogP contribution < -0.4 is 24.8 Å². The summed E-state index contributed by atoms with van der Waals surface area (Å²) >= 11 is 1.69. The molecule has 1 fully saturated rings. The molecule has 7 rings (SSSR count). The molecule has 0 radical (unpaired) electrons. The van der Waals surface area contributed by atoms with Crippen LogP contribution in [0, 0.1) is 28.2 Å². The Labute approximate surface area is 333 Å². The van der Waals surface area contributed by atoms with Crippen molar-refractivity contribution in [1.29, 1.82) is 0 Å². The number of hydrogen-bond acceptors (Lipinski definition) is 0. The van der Waals surface area contributed by atoms with Gasteiger partial charge in [0.05, 0.1) is 0 Å². The molecule has 4 aliphatic rings. The van der Waals surface area contributed by atoms with E-state index in [-0.39, 0.29) is 46.5 Å². The van der Waals surface area contributed by atoms with Gasteiger partial charge in [-0.3, -0.25) is 6.08 Å². The van der Waals surface area contributed by atoms with Crippen LogP contribution in [0.3, 0.4) is 0 Å². The Morgan fingerprint density at radius 3 is 1.36 bits per heavy atom. The molecule has 0 bridgehead atoms. The summed E-state index contributed by atoms with van der Waals surface area (Å²) in [7, 11) is 0. The van der Waals surface area contributed by atoms with Gasteiger partial charge in [-0.25, -0.2) is 6.08 Å². The van der Waals surface area contributed by atoms with Gasteiger partial charge in [-0.05, 0) is 33.1 Å². The van der Waals surface area contributed by atoms with Gasteiger partial charge in [-0.15, -0.1) is 39.7 Å². The first-order valence-corrected chi connectivity index (χ1v) is 19.8. The van der Waals surface area contributed by atoms with E-state index in [1.165, 1.54) is 92.6 Å². The molecule has 0 amide bonds. The third-order valence-electron chi connectivity index (χ3n) is 10.8. The van der Waals surface area contributed by atoms with Crippen LogP contribution >= 0.6 is 0 Å². The average Bonchev–Trinajstić information content (AvgIpc) is 3.69.